The van der Waals surface area contributed by atoms with Crippen LogP contribution in [0.25, 0.3) is 0 Å². The number of non-ortho nitro benzene ring substituents is 1. The number of nitrogens with zero attached hydrogens (tertiary/aromatic N) is 1. The zero-order chi connectivity index (χ0) is 12.8. The number of hydrogen-bond acceptors (Lipinski definition) is 3. The highest BCUT2D eigenvalue weighted by atomic mass is 16.6. The third-order valence-corrected chi connectivity index (χ3v) is 2.18. The Morgan fingerprint density at radius 2 is 2.24 bits per heavy atom. The average molecular weight is 234 g/mol. The van der Waals surface area contributed by atoms with Crippen molar-refractivity contribution in [2.45, 2.75) is 20.3 Å². The van der Waals surface area contributed by atoms with Crippen molar-refractivity contribution < 1.29 is 9.72 Å². The van der Waals surface area contributed by atoms with E-state index in [1.54, 1.807) is 19.1 Å². The van der Waals surface area contributed by atoms with Gasteiger partial charge in [0.2, 0.25) is 0 Å². The molecule has 0 atom stereocenters. The molecule has 0 unspecified atom stereocenters. The van der Waals surface area contributed by atoms with E-state index in [0.717, 1.165) is 6.42 Å². The molecule has 0 radical (unpaired) electrons. The van der Waals surface area contributed by atoms with E-state index in [0.29, 0.717) is 11.3 Å². The Morgan fingerprint density at radius 3 is 2.82 bits per heavy atom. The van der Waals surface area contributed by atoms with Crippen molar-refractivity contribution in [3.8, 4) is 0 Å². The van der Waals surface area contributed by atoms with Crippen LogP contribution in [0.2, 0.25) is 0 Å². The minimum atomic E-state index is -0.496. The van der Waals surface area contributed by atoms with Gasteiger partial charge in [0.15, 0.2) is 0 Å². The number of hydrogen-bond donors (Lipinski definition) is 1. The lowest BCUT2D eigenvalue weighted by Crippen LogP contribution is -2.12. The van der Waals surface area contributed by atoms with Gasteiger partial charge in [-0.25, -0.2) is 0 Å². The van der Waals surface area contributed by atoms with E-state index in [2.05, 4.69) is 5.32 Å². The van der Waals surface area contributed by atoms with Gasteiger partial charge in [-0.05, 0) is 19.4 Å². The summed E-state index contributed by atoms with van der Waals surface area (Å²) in [5, 5.41) is 13.2. The maximum Gasteiger partial charge on any atom is 0.271 e. The van der Waals surface area contributed by atoms with E-state index in [1.165, 1.54) is 18.2 Å². The maximum atomic E-state index is 11.6. The van der Waals surface area contributed by atoms with Crippen LogP contribution < -0.4 is 5.32 Å². The van der Waals surface area contributed by atoms with Crippen LogP contribution in [0.15, 0.2) is 35.9 Å². The normalized spacial score (nSPS) is 11.1. The fraction of sp³-hybridized carbons (Fsp3) is 0.250. The Kier molecular flexibility index (Phi) is 4.39. The Balaban J connectivity index is 2.82. The molecule has 0 aliphatic carbocycles. The van der Waals surface area contributed by atoms with Gasteiger partial charge >= 0.3 is 0 Å². The first-order valence-corrected chi connectivity index (χ1v) is 5.27. The van der Waals surface area contributed by atoms with Gasteiger partial charge in [-0.2, -0.15) is 0 Å². The summed E-state index contributed by atoms with van der Waals surface area (Å²) in [7, 11) is 0. The van der Waals surface area contributed by atoms with Crippen LogP contribution in [0.5, 0.6) is 0 Å². The monoisotopic (exact) mass is 234 g/mol. The smallest absolute Gasteiger partial charge is 0.271 e. The van der Waals surface area contributed by atoms with Gasteiger partial charge in [-0.3, -0.25) is 14.9 Å². The molecule has 0 saturated heterocycles. The lowest BCUT2D eigenvalue weighted by molar-refractivity contribution is -0.384. The number of nitro groups is 1. The van der Waals surface area contributed by atoms with Crippen LogP contribution in [-0.4, -0.2) is 10.8 Å². The Hall–Kier alpha value is -2.17. The van der Waals surface area contributed by atoms with E-state index < -0.39 is 4.92 Å². The first-order chi connectivity index (χ1) is 8.04. The second kappa shape index (κ2) is 5.79. The van der Waals surface area contributed by atoms with E-state index in [-0.39, 0.29) is 11.6 Å². The topological polar surface area (TPSA) is 72.2 Å². The first kappa shape index (κ1) is 12.9. The predicted octanol–water partition coefficient (Wildman–Crippen LogP) is 2.89. The molecule has 17 heavy (non-hydrogen) atoms. The molecule has 1 rings (SSSR count). The van der Waals surface area contributed by atoms with Gasteiger partial charge in [0.05, 0.1) is 4.92 Å². The molecule has 90 valence electrons. The molecule has 0 bridgehead atoms. The van der Waals surface area contributed by atoms with Crippen molar-refractivity contribution in [2.75, 3.05) is 5.32 Å². The second-order valence-corrected chi connectivity index (χ2v) is 3.56. The molecule has 0 aliphatic rings. The molecule has 1 N–H and O–H groups in total. The van der Waals surface area contributed by atoms with Gasteiger partial charge in [0.1, 0.15) is 0 Å². The number of nitrogens with one attached hydrogen (secondary N) is 1. The van der Waals surface area contributed by atoms with Gasteiger partial charge in [-0.1, -0.05) is 19.1 Å². The standard InChI is InChI=1S/C12H14N2O3/c1-3-5-9(2)12(15)13-10-6-4-7-11(8-10)14(16)17/h4-8H,3H2,1-2H3,(H,13,15)/b9-5-. The Morgan fingerprint density at radius 1 is 1.53 bits per heavy atom. The summed E-state index contributed by atoms with van der Waals surface area (Å²) in [6, 6.07) is 5.86. The summed E-state index contributed by atoms with van der Waals surface area (Å²) >= 11 is 0. The predicted molar refractivity (Wildman–Crippen MR) is 65.8 cm³/mol. The highest BCUT2D eigenvalue weighted by molar-refractivity contribution is 6.03. The summed E-state index contributed by atoms with van der Waals surface area (Å²) < 4.78 is 0. The number of benzene rings is 1. The molecular formula is C12H14N2O3. The quantitative estimate of drug-likeness (QED) is 0.494. The molecule has 1 aromatic rings. The number of allylic oxidation sites excluding steroid dienone is 1. The molecule has 0 aliphatic heterocycles. The molecule has 5 heteroatoms. The average Bonchev–Trinajstić information content (AvgIpc) is 2.29. The summed E-state index contributed by atoms with van der Waals surface area (Å²) in [4.78, 5) is 21.7. The van der Waals surface area contributed by atoms with Gasteiger partial charge < -0.3 is 5.32 Å². The molecule has 1 aromatic carbocycles. The molecular weight excluding hydrogens is 220 g/mol. The lowest BCUT2D eigenvalue weighted by Gasteiger charge is -2.04. The van der Waals surface area contributed by atoms with Crippen molar-refractivity contribution in [1.29, 1.82) is 0 Å². The van der Waals surface area contributed by atoms with Crippen LogP contribution in [0.1, 0.15) is 20.3 Å². The van der Waals surface area contributed by atoms with Crippen LogP contribution in [-0.2, 0) is 4.79 Å². The fourth-order valence-electron chi connectivity index (χ4n) is 1.33. The number of anilines is 1. The number of amides is 1. The van der Waals surface area contributed by atoms with Crippen molar-refractivity contribution in [3.05, 3.63) is 46.0 Å². The molecule has 0 aromatic heterocycles. The second-order valence-electron chi connectivity index (χ2n) is 3.56. The largest absolute Gasteiger partial charge is 0.322 e. The van der Waals surface area contributed by atoms with E-state index >= 15 is 0 Å². The fourth-order valence-corrected chi connectivity index (χ4v) is 1.33. The summed E-state index contributed by atoms with van der Waals surface area (Å²) in [5.41, 5.74) is 0.979. The molecule has 1 amide bonds. The summed E-state index contributed by atoms with van der Waals surface area (Å²) in [6.07, 6.45) is 2.57. The molecule has 0 heterocycles. The Labute approximate surface area is 99.3 Å². The minimum Gasteiger partial charge on any atom is -0.322 e. The molecule has 0 saturated carbocycles. The van der Waals surface area contributed by atoms with Crippen LogP contribution in [0.4, 0.5) is 11.4 Å². The van der Waals surface area contributed by atoms with Crippen molar-refractivity contribution in [2.24, 2.45) is 0 Å². The van der Waals surface area contributed by atoms with Crippen LogP contribution >= 0.6 is 0 Å². The third-order valence-electron chi connectivity index (χ3n) is 2.18. The van der Waals surface area contributed by atoms with Crippen LogP contribution in [0.3, 0.4) is 0 Å². The third kappa shape index (κ3) is 3.71. The summed E-state index contributed by atoms with van der Waals surface area (Å²) in [5.74, 6) is -0.243. The van der Waals surface area contributed by atoms with Gasteiger partial charge in [0.25, 0.3) is 11.6 Å². The van der Waals surface area contributed by atoms with E-state index in [9.17, 15) is 14.9 Å². The molecule has 0 fully saturated rings. The van der Waals surface area contributed by atoms with Crippen molar-refractivity contribution in [3.63, 3.8) is 0 Å². The molecule has 0 spiro atoms. The van der Waals surface area contributed by atoms with Crippen LogP contribution in [0, 0.1) is 10.1 Å². The lowest BCUT2D eigenvalue weighted by atomic mass is 10.2. The SMILES string of the molecule is CC/C=C(/C)C(=O)Nc1cccc([N+](=O)[O-])c1. The van der Waals surface area contributed by atoms with Crippen molar-refractivity contribution >= 4 is 17.3 Å². The van der Waals surface area contributed by atoms with E-state index in [1.807, 2.05) is 6.92 Å². The number of carbonyl (C=O) groups is 1. The zero-order valence-corrected chi connectivity index (χ0v) is 9.77. The number of rotatable bonds is 4. The first-order valence-electron chi connectivity index (χ1n) is 5.27. The number of nitro benzene ring substituents is 1. The molecule has 5 nitrogen and oxygen atoms in total. The minimum absolute atomic E-state index is 0.0417. The van der Waals surface area contributed by atoms with Gasteiger partial charge in [-0.15, -0.1) is 0 Å². The maximum absolute atomic E-state index is 11.6. The Bertz CT molecular complexity index is 467. The highest BCUT2D eigenvalue weighted by Gasteiger charge is 2.08. The van der Waals surface area contributed by atoms with E-state index in [4.69, 9.17) is 0 Å². The highest BCUT2D eigenvalue weighted by Crippen LogP contribution is 2.17. The number of carbonyl (C=O) groups excluding carboxylic acids is 1. The zero-order valence-electron chi connectivity index (χ0n) is 9.77. The summed E-state index contributed by atoms with van der Waals surface area (Å²) in [6.45, 7) is 3.64. The van der Waals surface area contributed by atoms with Crippen molar-refractivity contribution in [1.82, 2.24) is 0 Å². The van der Waals surface area contributed by atoms with Gasteiger partial charge in [0, 0.05) is 23.4 Å².